The van der Waals surface area contributed by atoms with Crippen molar-refractivity contribution < 1.29 is 4.39 Å². The van der Waals surface area contributed by atoms with Crippen molar-refractivity contribution >= 4 is 43.2 Å². The molecule has 1 nitrogen and oxygen atoms in total. The number of nitrogens with one attached hydrogen (secondary N) is 1. The van der Waals surface area contributed by atoms with Gasteiger partial charge in [0.1, 0.15) is 5.82 Å². The summed E-state index contributed by atoms with van der Waals surface area (Å²) in [5.41, 5.74) is 1.31. The Hall–Kier alpha value is -0.870. The van der Waals surface area contributed by atoms with Crippen molar-refractivity contribution in [2.24, 2.45) is 0 Å². The highest BCUT2D eigenvalue weighted by molar-refractivity contribution is 9.10. The first-order valence-electron chi connectivity index (χ1n) is 4.63. The summed E-state index contributed by atoms with van der Waals surface area (Å²) in [6.07, 6.45) is 0. The van der Waals surface area contributed by atoms with Gasteiger partial charge in [-0.2, -0.15) is 0 Å². The zero-order chi connectivity index (χ0) is 11.5. The summed E-state index contributed by atoms with van der Waals surface area (Å²) in [4.78, 5) is 0. The molecule has 0 aliphatic rings. The molecule has 0 unspecified atom stereocenters. The average molecular weight is 345 g/mol. The van der Waals surface area contributed by atoms with Gasteiger partial charge in [0.25, 0.3) is 0 Å². The van der Waals surface area contributed by atoms with E-state index < -0.39 is 0 Å². The van der Waals surface area contributed by atoms with Crippen LogP contribution in [0.4, 0.5) is 15.8 Å². The fourth-order valence-corrected chi connectivity index (χ4v) is 1.88. The Balaban J connectivity index is 2.23. The Bertz CT molecular complexity index is 497. The molecule has 0 fully saturated rings. The van der Waals surface area contributed by atoms with E-state index in [4.69, 9.17) is 0 Å². The Morgan fingerprint density at radius 2 is 1.50 bits per heavy atom. The number of hydrogen-bond acceptors (Lipinski definition) is 1. The Labute approximate surface area is 110 Å². The Morgan fingerprint density at radius 3 is 2.12 bits per heavy atom. The van der Waals surface area contributed by atoms with Crippen LogP contribution in [0.3, 0.4) is 0 Å². The minimum atomic E-state index is -0.280. The molecule has 2 aromatic rings. The molecule has 0 spiro atoms. The summed E-state index contributed by atoms with van der Waals surface area (Å²) < 4.78 is 15.2. The smallest absolute Gasteiger partial charge is 0.147 e. The zero-order valence-electron chi connectivity index (χ0n) is 8.18. The molecule has 0 bridgehead atoms. The molecule has 0 saturated carbocycles. The van der Waals surface area contributed by atoms with Gasteiger partial charge in [-0.15, -0.1) is 0 Å². The molecule has 0 heterocycles. The van der Waals surface area contributed by atoms with E-state index in [1.54, 1.807) is 12.1 Å². The maximum Gasteiger partial charge on any atom is 0.147 e. The lowest BCUT2D eigenvalue weighted by Crippen LogP contribution is -1.93. The highest BCUT2D eigenvalue weighted by Gasteiger charge is 2.02. The SMILES string of the molecule is Fc1cc(Br)ccc1Nc1ccc(Br)cc1. The largest absolute Gasteiger partial charge is 0.353 e. The molecule has 0 saturated heterocycles. The number of halogens is 3. The van der Waals surface area contributed by atoms with Crippen LogP contribution in [0.2, 0.25) is 0 Å². The van der Waals surface area contributed by atoms with E-state index in [-0.39, 0.29) is 5.82 Å². The summed E-state index contributed by atoms with van der Waals surface area (Å²) in [5.74, 6) is -0.280. The van der Waals surface area contributed by atoms with E-state index in [1.165, 1.54) is 6.07 Å². The van der Waals surface area contributed by atoms with Gasteiger partial charge < -0.3 is 5.32 Å². The van der Waals surface area contributed by atoms with E-state index in [1.807, 2.05) is 24.3 Å². The lowest BCUT2D eigenvalue weighted by molar-refractivity contribution is 0.631. The third kappa shape index (κ3) is 2.83. The quantitative estimate of drug-likeness (QED) is 0.799. The number of benzene rings is 2. The van der Waals surface area contributed by atoms with Crippen molar-refractivity contribution in [1.29, 1.82) is 0 Å². The van der Waals surface area contributed by atoms with Gasteiger partial charge in [-0.3, -0.25) is 0 Å². The van der Waals surface area contributed by atoms with Crippen molar-refractivity contribution in [1.82, 2.24) is 0 Å². The van der Waals surface area contributed by atoms with Gasteiger partial charge >= 0.3 is 0 Å². The summed E-state index contributed by atoms with van der Waals surface area (Å²) in [6.45, 7) is 0. The summed E-state index contributed by atoms with van der Waals surface area (Å²) in [7, 11) is 0. The predicted octanol–water partition coefficient (Wildman–Crippen LogP) is 5.09. The molecule has 0 atom stereocenters. The predicted molar refractivity (Wildman–Crippen MR) is 71.5 cm³/mol. The molecule has 0 aromatic heterocycles. The first kappa shape index (κ1) is 11.6. The summed E-state index contributed by atoms with van der Waals surface area (Å²) in [6, 6.07) is 12.5. The van der Waals surface area contributed by atoms with Crippen LogP contribution in [0.5, 0.6) is 0 Å². The van der Waals surface area contributed by atoms with Crippen molar-refractivity contribution in [3.8, 4) is 0 Å². The summed E-state index contributed by atoms with van der Waals surface area (Å²) >= 11 is 6.56. The first-order chi connectivity index (χ1) is 7.65. The molecule has 2 rings (SSSR count). The Morgan fingerprint density at radius 1 is 0.875 bits per heavy atom. The first-order valence-corrected chi connectivity index (χ1v) is 6.21. The van der Waals surface area contributed by atoms with Crippen LogP contribution in [0.25, 0.3) is 0 Å². The van der Waals surface area contributed by atoms with E-state index in [0.29, 0.717) is 5.69 Å². The number of hydrogen-bond donors (Lipinski definition) is 1. The van der Waals surface area contributed by atoms with Crippen LogP contribution in [-0.4, -0.2) is 0 Å². The maximum absolute atomic E-state index is 13.5. The van der Waals surface area contributed by atoms with Gasteiger partial charge in [0.2, 0.25) is 0 Å². The molecule has 82 valence electrons. The van der Waals surface area contributed by atoms with Crippen LogP contribution in [0.15, 0.2) is 51.4 Å². The van der Waals surface area contributed by atoms with Gasteiger partial charge in [-0.05, 0) is 42.5 Å². The average Bonchev–Trinajstić information content (AvgIpc) is 2.25. The standard InChI is InChI=1S/C12H8Br2FN/c13-8-1-4-10(5-2-8)16-12-6-3-9(14)7-11(12)15/h1-7,16H. The highest BCUT2D eigenvalue weighted by Crippen LogP contribution is 2.24. The fourth-order valence-electron chi connectivity index (χ4n) is 1.28. The molecule has 1 N–H and O–H groups in total. The minimum absolute atomic E-state index is 0.280. The molecule has 0 aliphatic heterocycles. The lowest BCUT2D eigenvalue weighted by atomic mass is 10.2. The van der Waals surface area contributed by atoms with Gasteiger partial charge in [0.15, 0.2) is 0 Å². The molecule has 16 heavy (non-hydrogen) atoms. The lowest BCUT2D eigenvalue weighted by Gasteiger charge is -2.07. The van der Waals surface area contributed by atoms with Crippen LogP contribution in [-0.2, 0) is 0 Å². The van der Waals surface area contributed by atoms with Gasteiger partial charge in [-0.1, -0.05) is 31.9 Å². The second kappa shape index (κ2) is 4.97. The van der Waals surface area contributed by atoms with Crippen molar-refractivity contribution in [2.75, 3.05) is 5.32 Å². The van der Waals surface area contributed by atoms with Gasteiger partial charge in [0.05, 0.1) is 5.69 Å². The highest BCUT2D eigenvalue weighted by atomic mass is 79.9. The molecule has 0 radical (unpaired) electrons. The van der Waals surface area contributed by atoms with Crippen LogP contribution in [0, 0.1) is 5.82 Å². The number of rotatable bonds is 2. The number of anilines is 2. The summed E-state index contributed by atoms with van der Waals surface area (Å²) in [5, 5.41) is 3.01. The molecule has 0 amide bonds. The van der Waals surface area contributed by atoms with E-state index >= 15 is 0 Å². The van der Waals surface area contributed by atoms with Crippen molar-refractivity contribution in [3.63, 3.8) is 0 Å². The van der Waals surface area contributed by atoms with E-state index in [0.717, 1.165) is 14.6 Å². The normalized spacial score (nSPS) is 10.2. The van der Waals surface area contributed by atoms with Gasteiger partial charge in [-0.25, -0.2) is 4.39 Å². The molecular formula is C12H8Br2FN. The topological polar surface area (TPSA) is 12.0 Å². The second-order valence-electron chi connectivity index (χ2n) is 3.26. The molecule has 4 heteroatoms. The van der Waals surface area contributed by atoms with Crippen LogP contribution >= 0.6 is 31.9 Å². The van der Waals surface area contributed by atoms with E-state index in [9.17, 15) is 4.39 Å². The third-order valence-electron chi connectivity index (χ3n) is 2.05. The zero-order valence-corrected chi connectivity index (χ0v) is 11.3. The minimum Gasteiger partial charge on any atom is -0.353 e. The third-order valence-corrected chi connectivity index (χ3v) is 3.08. The molecule has 2 aromatic carbocycles. The van der Waals surface area contributed by atoms with Crippen LogP contribution < -0.4 is 5.32 Å². The monoisotopic (exact) mass is 343 g/mol. The van der Waals surface area contributed by atoms with E-state index in [2.05, 4.69) is 37.2 Å². The fraction of sp³-hybridized carbons (Fsp3) is 0. The van der Waals surface area contributed by atoms with Gasteiger partial charge in [0, 0.05) is 14.6 Å². The molecule has 0 aliphatic carbocycles. The van der Waals surface area contributed by atoms with Crippen molar-refractivity contribution in [2.45, 2.75) is 0 Å². The van der Waals surface area contributed by atoms with Crippen LogP contribution in [0.1, 0.15) is 0 Å². The maximum atomic E-state index is 13.5. The molecular weight excluding hydrogens is 337 g/mol. The second-order valence-corrected chi connectivity index (χ2v) is 5.09. The Kier molecular flexibility index (Phi) is 3.61. The van der Waals surface area contributed by atoms with Crippen molar-refractivity contribution in [3.05, 3.63) is 57.2 Å².